The van der Waals surface area contributed by atoms with Crippen LogP contribution in [-0.2, 0) is 22.0 Å². The number of nitrogens with two attached hydrogens (primary N) is 1. The van der Waals surface area contributed by atoms with Crippen LogP contribution in [0.5, 0.6) is 5.88 Å². The van der Waals surface area contributed by atoms with Gasteiger partial charge in [-0.3, -0.25) is 4.79 Å². The number of amides is 1. The minimum atomic E-state index is -1.49. The lowest BCUT2D eigenvalue weighted by Crippen LogP contribution is -2.57. The van der Waals surface area contributed by atoms with Crippen molar-refractivity contribution < 1.29 is 9.53 Å². The molecule has 2 atom stereocenters. The largest absolute Gasteiger partial charge is 0.422 e. The van der Waals surface area contributed by atoms with Gasteiger partial charge in [-0.05, 0) is 62.4 Å². The van der Waals surface area contributed by atoms with Gasteiger partial charge in [-0.2, -0.15) is 10.4 Å². The predicted octanol–water partition coefficient (Wildman–Crippen LogP) is 5.95. The van der Waals surface area contributed by atoms with Gasteiger partial charge in [0.25, 0.3) is 0 Å². The molecule has 1 aromatic heterocycles. The van der Waals surface area contributed by atoms with Crippen LogP contribution in [0, 0.1) is 18.3 Å². The molecule has 2 unspecified atom stereocenters. The number of ether oxygens (including phenoxy) is 1. The summed E-state index contributed by atoms with van der Waals surface area (Å²) in [5.41, 5.74) is 11.2. The number of hydrogen-bond donors (Lipinski definition) is 1. The minimum Gasteiger partial charge on any atom is -0.422 e. The number of para-hydroxylation sites is 1. The number of nitrogens with zero attached hydrogens (tertiary/aromatic N) is 4. The summed E-state index contributed by atoms with van der Waals surface area (Å²) in [6.45, 7) is 10.5. The Morgan fingerprint density at radius 3 is 2.31 bits per heavy atom. The van der Waals surface area contributed by atoms with Crippen molar-refractivity contribution in [2.75, 3.05) is 4.90 Å². The highest BCUT2D eigenvalue weighted by molar-refractivity contribution is 6.16. The zero-order valence-corrected chi connectivity index (χ0v) is 24.5. The van der Waals surface area contributed by atoms with Gasteiger partial charge < -0.3 is 15.4 Å². The van der Waals surface area contributed by atoms with Crippen LogP contribution in [0.1, 0.15) is 67.6 Å². The van der Waals surface area contributed by atoms with Crippen LogP contribution >= 0.6 is 0 Å². The van der Waals surface area contributed by atoms with Gasteiger partial charge in [-0.15, -0.1) is 0 Å². The Labute approximate surface area is 245 Å². The molecule has 42 heavy (non-hydrogen) atoms. The average molecular weight is 556 g/mol. The Bertz CT molecular complexity index is 1860. The van der Waals surface area contributed by atoms with E-state index in [0.717, 1.165) is 34.5 Å². The van der Waals surface area contributed by atoms with Crippen LogP contribution in [0.25, 0.3) is 5.69 Å². The van der Waals surface area contributed by atoms with Gasteiger partial charge >= 0.3 is 0 Å². The zero-order chi connectivity index (χ0) is 29.6. The Morgan fingerprint density at radius 2 is 1.67 bits per heavy atom. The summed E-state index contributed by atoms with van der Waals surface area (Å²) < 4.78 is 7.88. The van der Waals surface area contributed by atoms with Gasteiger partial charge in [0, 0.05) is 16.5 Å². The SMILES string of the molecule is CCc1cc2c3c(c1)C1(C(=O)N3C(C)(C)CC2(C)c2ccccc2)C(C#N)=C(N)Oc2c1c(C)nn2-c1ccccc1. The predicted molar refractivity (Wildman–Crippen MR) is 161 cm³/mol. The maximum Gasteiger partial charge on any atom is 0.248 e. The Hall–Kier alpha value is -4.83. The molecule has 1 spiro atoms. The molecule has 0 aliphatic carbocycles. The summed E-state index contributed by atoms with van der Waals surface area (Å²) in [6, 6.07) is 26.8. The van der Waals surface area contributed by atoms with Crippen molar-refractivity contribution in [3.05, 3.63) is 118 Å². The summed E-state index contributed by atoms with van der Waals surface area (Å²) in [5.74, 6) is 0.101. The van der Waals surface area contributed by atoms with E-state index in [2.05, 4.69) is 70.2 Å². The second-order valence-corrected chi connectivity index (χ2v) is 12.4. The topological polar surface area (TPSA) is 97.2 Å². The molecule has 3 aliphatic rings. The number of aryl methyl sites for hydroxylation is 2. The maximum atomic E-state index is 15.3. The molecule has 0 bridgehead atoms. The van der Waals surface area contributed by atoms with Crippen molar-refractivity contribution in [2.24, 2.45) is 5.73 Å². The Balaban J connectivity index is 1.63. The monoisotopic (exact) mass is 555 g/mol. The summed E-state index contributed by atoms with van der Waals surface area (Å²) in [4.78, 5) is 17.2. The van der Waals surface area contributed by atoms with Gasteiger partial charge in [-0.25, -0.2) is 4.68 Å². The third-order valence-corrected chi connectivity index (χ3v) is 9.46. The second-order valence-electron chi connectivity index (χ2n) is 12.4. The van der Waals surface area contributed by atoms with Gasteiger partial charge in [0.1, 0.15) is 17.1 Å². The first-order chi connectivity index (χ1) is 20.1. The molecule has 0 fully saturated rings. The Morgan fingerprint density at radius 1 is 1.02 bits per heavy atom. The first-order valence-corrected chi connectivity index (χ1v) is 14.4. The molecule has 3 aromatic carbocycles. The first kappa shape index (κ1) is 26.1. The van der Waals surface area contributed by atoms with E-state index in [4.69, 9.17) is 15.6 Å². The summed E-state index contributed by atoms with van der Waals surface area (Å²) in [6.07, 6.45) is 1.48. The number of benzene rings is 3. The van der Waals surface area contributed by atoms with Crippen LogP contribution in [-0.4, -0.2) is 21.2 Å². The van der Waals surface area contributed by atoms with E-state index in [-0.39, 0.29) is 22.8 Å². The van der Waals surface area contributed by atoms with Crippen molar-refractivity contribution >= 4 is 11.6 Å². The van der Waals surface area contributed by atoms with Gasteiger partial charge in [0.2, 0.25) is 17.7 Å². The van der Waals surface area contributed by atoms with Crippen LogP contribution in [0.3, 0.4) is 0 Å². The standard InChI is InChI=1S/C35H33N5O2/c1-6-22-17-25-29-26(18-22)35(32(41)39(29)33(3,4)20-34(25,5)23-13-9-7-10-14-23)27(19-36)30(37)42-31-28(35)21(2)38-40(31)24-15-11-8-12-16-24/h7-18H,6,20,37H2,1-5H3. The second kappa shape index (κ2) is 8.59. The number of aromatic nitrogens is 2. The van der Waals surface area contributed by atoms with E-state index in [0.29, 0.717) is 23.6 Å². The fraction of sp³-hybridized carbons (Fsp3) is 0.286. The van der Waals surface area contributed by atoms with E-state index in [1.54, 1.807) is 4.68 Å². The number of carbonyl (C=O) groups excluding carboxylic acids is 1. The molecule has 0 saturated heterocycles. The van der Waals surface area contributed by atoms with Crippen molar-refractivity contribution in [1.82, 2.24) is 9.78 Å². The zero-order valence-electron chi connectivity index (χ0n) is 24.5. The van der Waals surface area contributed by atoms with E-state index < -0.39 is 11.0 Å². The molecular weight excluding hydrogens is 522 g/mol. The summed E-state index contributed by atoms with van der Waals surface area (Å²) in [5, 5.41) is 15.6. The van der Waals surface area contributed by atoms with E-state index in [9.17, 15) is 5.26 Å². The molecule has 4 heterocycles. The smallest absolute Gasteiger partial charge is 0.248 e. The lowest BCUT2D eigenvalue weighted by Gasteiger charge is -2.50. The van der Waals surface area contributed by atoms with Crippen molar-refractivity contribution in [3.63, 3.8) is 0 Å². The quantitative estimate of drug-likeness (QED) is 0.337. The van der Waals surface area contributed by atoms with Crippen LogP contribution in [0.15, 0.2) is 84.3 Å². The lowest BCUT2D eigenvalue weighted by molar-refractivity contribution is -0.122. The van der Waals surface area contributed by atoms with E-state index >= 15 is 4.79 Å². The van der Waals surface area contributed by atoms with Crippen LogP contribution in [0.4, 0.5) is 5.69 Å². The van der Waals surface area contributed by atoms with E-state index in [1.807, 2.05) is 48.2 Å². The third kappa shape index (κ3) is 3.10. The number of anilines is 1. The van der Waals surface area contributed by atoms with Crippen LogP contribution < -0.4 is 15.4 Å². The van der Waals surface area contributed by atoms with E-state index in [1.165, 1.54) is 5.56 Å². The van der Waals surface area contributed by atoms with Gasteiger partial charge in [0.05, 0.1) is 22.6 Å². The molecule has 7 rings (SSSR count). The minimum absolute atomic E-state index is 0.0745. The third-order valence-electron chi connectivity index (χ3n) is 9.46. The van der Waals surface area contributed by atoms with Crippen molar-refractivity contribution in [2.45, 2.75) is 63.8 Å². The summed E-state index contributed by atoms with van der Waals surface area (Å²) >= 11 is 0. The highest BCUT2D eigenvalue weighted by Crippen LogP contribution is 2.63. The van der Waals surface area contributed by atoms with Gasteiger partial charge in [-0.1, -0.05) is 74.5 Å². The fourth-order valence-corrected chi connectivity index (χ4v) is 7.77. The molecule has 3 aliphatic heterocycles. The van der Waals surface area contributed by atoms with Crippen LogP contribution in [0.2, 0.25) is 0 Å². The molecule has 2 N–H and O–H groups in total. The molecule has 7 nitrogen and oxygen atoms in total. The maximum absolute atomic E-state index is 15.3. The highest BCUT2D eigenvalue weighted by atomic mass is 16.5. The molecule has 0 saturated carbocycles. The average Bonchev–Trinajstić information content (AvgIpc) is 3.44. The number of fused-ring (bicyclic) bond motifs is 3. The molecule has 1 amide bonds. The number of nitriles is 1. The fourth-order valence-electron chi connectivity index (χ4n) is 7.77. The molecule has 4 aromatic rings. The molecule has 0 radical (unpaired) electrons. The van der Waals surface area contributed by atoms with Crippen molar-refractivity contribution in [3.8, 4) is 17.6 Å². The molecule has 210 valence electrons. The van der Waals surface area contributed by atoms with Gasteiger partial charge in [0.15, 0.2) is 0 Å². The molecular formula is C35H33N5O2. The normalized spacial score (nSPS) is 23.4. The highest BCUT2D eigenvalue weighted by Gasteiger charge is 2.66. The molecule has 7 heteroatoms. The Kier molecular flexibility index (Phi) is 5.34. The number of hydrogen-bond acceptors (Lipinski definition) is 5. The van der Waals surface area contributed by atoms with Crippen molar-refractivity contribution in [1.29, 1.82) is 5.26 Å². The summed E-state index contributed by atoms with van der Waals surface area (Å²) in [7, 11) is 0. The first-order valence-electron chi connectivity index (χ1n) is 14.4. The lowest BCUT2D eigenvalue weighted by atomic mass is 9.64. The number of rotatable bonds is 3. The number of carbonyl (C=O) groups is 1.